The fraction of sp³-hybridized carbons (Fsp3) is 0. The molecule has 2 amide bonds. The van der Waals surface area contributed by atoms with Crippen molar-refractivity contribution in [3.63, 3.8) is 0 Å². The molecule has 29 heavy (non-hydrogen) atoms. The molecule has 0 aliphatic carbocycles. The van der Waals surface area contributed by atoms with Gasteiger partial charge in [0.05, 0.1) is 6.21 Å². The zero-order valence-corrected chi connectivity index (χ0v) is 17.0. The van der Waals surface area contributed by atoms with Crippen LogP contribution in [0, 0.1) is 0 Å². The summed E-state index contributed by atoms with van der Waals surface area (Å²) in [5.74, 6) is -0.578. The molecule has 144 valence electrons. The number of hydrogen-bond acceptors (Lipinski definition) is 3. The molecule has 3 aromatic rings. The molecule has 0 spiro atoms. The Balaban J connectivity index is 1.52. The minimum atomic E-state index is -0.333. The number of hydrazone groups is 1. The van der Waals surface area contributed by atoms with E-state index in [9.17, 15) is 9.59 Å². The first-order chi connectivity index (χ1) is 14.1. The van der Waals surface area contributed by atoms with Crippen molar-refractivity contribution in [2.45, 2.75) is 0 Å². The second-order valence-corrected chi connectivity index (χ2v) is 6.98. The van der Waals surface area contributed by atoms with E-state index in [1.165, 1.54) is 6.08 Å². The molecule has 5 nitrogen and oxygen atoms in total. The van der Waals surface area contributed by atoms with Crippen LogP contribution in [0.3, 0.4) is 0 Å². The number of benzene rings is 3. The van der Waals surface area contributed by atoms with Crippen LogP contribution in [0.5, 0.6) is 0 Å². The van der Waals surface area contributed by atoms with Crippen molar-refractivity contribution in [1.82, 2.24) is 5.43 Å². The minimum absolute atomic E-state index is 0.245. The predicted octanol–water partition coefficient (Wildman–Crippen LogP) is 4.86. The molecule has 0 atom stereocenters. The van der Waals surface area contributed by atoms with Crippen molar-refractivity contribution in [2.75, 3.05) is 5.32 Å². The van der Waals surface area contributed by atoms with Crippen LogP contribution in [0.25, 0.3) is 6.08 Å². The molecule has 0 aromatic heterocycles. The molecule has 0 aliphatic heterocycles. The van der Waals surface area contributed by atoms with Crippen molar-refractivity contribution in [1.29, 1.82) is 0 Å². The lowest BCUT2D eigenvalue weighted by Gasteiger charge is -2.04. The summed E-state index contributed by atoms with van der Waals surface area (Å²) in [7, 11) is 0. The van der Waals surface area contributed by atoms with Gasteiger partial charge in [0, 0.05) is 21.8 Å². The molecule has 0 radical (unpaired) electrons. The fourth-order valence-electron chi connectivity index (χ4n) is 2.40. The molecule has 0 heterocycles. The minimum Gasteiger partial charge on any atom is -0.323 e. The largest absolute Gasteiger partial charge is 0.323 e. The Labute approximate surface area is 177 Å². The molecular formula is C23H18BrN3O2. The van der Waals surface area contributed by atoms with E-state index < -0.39 is 0 Å². The van der Waals surface area contributed by atoms with Crippen LogP contribution < -0.4 is 10.7 Å². The third-order valence-corrected chi connectivity index (χ3v) is 4.42. The maximum absolute atomic E-state index is 12.2. The van der Waals surface area contributed by atoms with Crippen LogP contribution in [-0.4, -0.2) is 18.0 Å². The number of anilines is 1. The zero-order chi connectivity index (χ0) is 20.5. The van der Waals surface area contributed by atoms with Gasteiger partial charge < -0.3 is 5.32 Å². The summed E-state index contributed by atoms with van der Waals surface area (Å²) in [5.41, 5.74) is 5.33. The highest BCUT2D eigenvalue weighted by Gasteiger charge is 2.05. The van der Waals surface area contributed by atoms with Gasteiger partial charge in [-0.3, -0.25) is 9.59 Å². The number of carbonyl (C=O) groups excluding carboxylic acids is 2. The van der Waals surface area contributed by atoms with E-state index in [1.54, 1.807) is 36.6 Å². The van der Waals surface area contributed by atoms with Gasteiger partial charge in [0.25, 0.3) is 5.91 Å². The summed E-state index contributed by atoms with van der Waals surface area (Å²) >= 11 is 3.36. The summed E-state index contributed by atoms with van der Waals surface area (Å²) < 4.78 is 0.974. The van der Waals surface area contributed by atoms with Gasteiger partial charge in [-0.05, 0) is 53.6 Å². The zero-order valence-electron chi connectivity index (χ0n) is 15.4. The molecule has 0 bridgehead atoms. The van der Waals surface area contributed by atoms with E-state index in [1.807, 2.05) is 54.6 Å². The lowest BCUT2D eigenvalue weighted by Crippen LogP contribution is -2.17. The lowest BCUT2D eigenvalue weighted by molar-refractivity contribution is -0.111. The van der Waals surface area contributed by atoms with Crippen LogP contribution in [0.4, 0.5) is 5.69 Å². The quantitative estimate of drug-likeness (QED) is 0.321. The average Bonchev–Trinajstić information content (AvgIpc) is 2.75. The van der Waals surface area contributed by atoms with E-state index in [-0.39, 0.29) is 11.8 Å². The third kappa shape index (κ3) is 6.55. The van der Waals surface area contributed by atoms with E-state index in [0.29, 0.717) is 11.3 Å². The molecule has 0 aliphatic rings. The van der Waals surface area contributed by atoms with Crippen molar-refractivity contribution >= 4 is 45.7 Å². The van der Waals surface area contributed by atoms with Gasteiger partial charge in [-0.1, -0.05) is 58.4 Å². The summed E-state index contributed by atoms with van der Waals surface area (Å²) in [6.07, 6.45) is 4.77. The number of carbonyl (C=O) groups is 2. The molecule has 0 saturated heterocycles. The molecule has 3 aromatic carbocycles. The summed E-state index contributed by atoms with van der Waals surface area (Å²) in [6, 6.07) is 23.7. The van der Waals surface area contributed by atoms with Crippen LogP contribution >= 0.6 is 15.9 Å². The Morgan fingerprint density at radius 1 is 0.828 bits per heavy atom. The van der Waals surface area contributed by atoms with Crippen molar-refractivity contribution < 1.29 is 9.59 Å². The monoisotopic (exact) mass is 447 g/mol. The van der Waals surface area contributed by atoms with Gasteiger partial charge in [0.15, 0.2) is 0 Å². The Morgan fingerprint density at radius 2 is 1.52 bits per heavy atom. The summed E-state index contributed by atoms with van der Waals surface area (Å²) in [5, 5.41) is 6.71. The van der Waals surface area contributed by atoms with Gasteiger partial charge in [0.2, 0.25) is 5.91 Å². The lowest BCUT2D eigenvalue weighted by atomic mass is 10.2. The van der Waals surface area contributed by atoms with Gasteiger partial charge >= 0.3 is 0 Å². The average molecular weight is 448 g/mol. The van der Waals surface area contributed by atoms with E-state index >= 15 is 0 Å². The van der Waals surface area contributed by atoms with Crippen LogP contribution in [0.15, 0.2) is 94.5 Å². The second-order valence-electron chi connectivity index (χ2n) is 6.06. The van der Waals surface area contributed by atoms with Crippen LogP contribution in [0.1, 0.15) is 21.5 Å². The fourth-order valence-corrected chi connectivity index (χ4v) is 2.67. The Bertz CT molecular complexity index is 1030. The maximum Gasteiger partial charge on any atom is 0.271 e. The molecule has 0 unspecified atom stereocenters. The molecular weight excluding hydrogens is 430 g/mol. The Kier molecular flexibility index (Phi) is 7.08. The van der Waals surface area contributed by atoms with Crippen molar-refractivity contribution in [3.05, 3.63) is 106 Å². The SMILES string of the molecule is O=C(/C=C/c1ccccc1)Nc1ccc(C(=O)N/N=C\c2ccc(Br)cc2)cc1. The van der Waals surface area contributed by atoms with Crippen LogP contribution in [-0.2, 0) is 4.79 Å². The van der Waals surface area contributed by atoms with E-state index in [4.69, 9.17) is 0 Å². The van der Waals surface area contributed by atoms with Gasteiger partial charge in [-0.25, -0.2) is 5.43 Å². The van der Waals surface area contributed by atoms with Crippen molar-refractivity contribution in [2.24, 2.45) is 5.10 Å². The number of nitrogens with one attached hydrogen (secondary N) is 2. The summed E-state index contributed by atoms with van der Waals surface area (Å²) in [4.78, 5) is 24.2. The number of hydrogen-bond donors (Lipinski definition) is 2. The topological polar surface area (TPSA) is 70.6 Å². The predicted molar refractivity (Wildman–Crippen MR) is 120 cm³/mol. The maximum atomic E-state index is 12.2. The Hall–Kier alpha value is -3.51. The smallest absolute Gasteiger partial charge is 0.271 e. The van der Waals surface area contributed by atoms with Crippen LogP contribution in [0.2, 0.25) is 0 Å². The first kappa shape index (κ1) is 20.2. The number of rotatable bonds is 6. The summed E-state index contributed by atoms with van der Waals surface area (Å²) in [6.45, 7) is 0. The van der Waals surface area contributed by atoms with Gasteiger partial charge in [0.1, 0.15) is 0 Å². The molecule has 0 fully saturated rings. The van der Waals surface area contributed by atoms with E-state index in [0.717, 1.165) is 15.6 Å². The first-order valence-corrected chi connectivity index (χ1v) is 9.62. The molecule has 0 saturated carbocycles. The van der Waals surface area contributed by atoms with E-state index in [2.05, 4.69) is 31.8 Å². The Morgan fingerprint density at radius 3 is 2.21 bits per heavy atom. The standard InChI is InChI=1S/C23H18BrN3O2/c24-20-11-6-18(7-12-20)16-25-27-23(29)19-9-13-21(14-10-19)26-22(28)15-8-17-4-2-1-3-5-17/h1-16H,(H,26,28)(H,27,29)/b15-8+,25-16-. The van der Waals surface area contributed by atoms with Gasteiger partial charge in [-0.2, -0.15) is 5.10 Å². The second kappa shape index (κ2) is 10.1. The molecule has 6 heteroatoms. The normalized spacial score (nSPS) is 10.9. The van der Waals surface area contributed by atoms with Crippen molar-refractivity contribution in [3.8, 4) is 0 Å². The first-order valence-electron chi connectivity index (χ1n) is 8.83. The molecule has 2 N–H and O–H groups in total. The number of halogens is 1. The number of amides is 2. The number of nitrogens with zero attached hydrogens (tertiary/aromatic N) is 1. The highest BCUT2D eigenvalue weighted by Crippen LogP contribution is 2.11. The third-order valence-electron chi connectivity index (χ3n) is 3.89. The molecule has 3 rings (SSSR count). The van der Waals surface area contributed by atoms with Gasteiger partial charge in [-0.15, -0.1) is 0 Å². The highest BCUT2D eigenvalue weighted by atomic mass is 79.9. The highest BCUT2D eigenvalue weighted by molar-refractivity contribution is 9.10.